The van der Waals surface area contributed by atoms with Crippen LogP contribution in [0.3, 0.4) is 0 Å². The van der Waals surface area contributed by atoms with Crippen LogP contribution in [0, 0.1) is 18.3 Å². The van der Waals surface area contributed by atoms with Gasteiger partial charge in [0, 0.05) is 17.6 Å². The average molecular weight is 246 g/mol. The van der Waals surface area contributed by atoms with Gasteiger partial charge in [0.05, 0.1) is 0 Å². The first-order valence-corrected chi connectivity index (χ1v) is 5.81. The zero-order valence-corrected chi connectivity index (χ0v) is 9.99. The van der Waals surface area contributed by atoms with Crippen LogP contribution in [0.15, 0.2) is 24.4 Å². The molecule has 2 aromatic rings. The van der Waals surface area contributed by atoms with Gasteiger partial charge in [-0.2, -0.15) is 5.26 Å². The molecule has 0 radical (unpaired) electrons. The Hall–Kier alpha value is -2.06. The Morgan fingerprint density at radius 3 is 3.00 bits per heavy atom. The minimum Gasteiger partial charge on any atom is -0.477 e. The van der Waals surface area contributed by atoms with Crippen molar-refractivity contribution in [2.45, 2.75) is 13.5 Å². The van der Waals surface area contributed by atoms with Gasteiger partial charge in [-0.25, -0.2) is 4.79 Å². The molecular formula is C12H10N2O2S. The summed E-state index contributed by atoms with van der Waals surface area (Å²) in [6, 6.07) is 7.30. The van der Waals surface area contributed by atoms with Crippen molar-refractivity contribution in [2.24, 2.45) is 0 Å². The highest BCUT2D eigenvalue weighted by Gasteiger charge is 2.12. The monoisotopic (exact) mass is 246 g/mol. The van der Waals surface area contributed by atoms with E-state index in [0.717, 1.165) is 10.4 Å². The van der Waals surface area contributed by atoms with Gasteiger partial charge < -0.3 is 9.67 Å². The lowest BCUT2D eigenvalue weighted by atomic mass is 10.2. The van der Waals surface area contributed by atoms with Crippen LogP contribution in [0.4, 0.5) is 0 Å². The molecule has 0 saturated carbocycles. The number of thiophene rings is 1. The SMILES string of the molecule is Cc1sc(C(=O)O)cc1Cn1cccc1C#N. The largest absolute Gasteiger partial charge is 0.477 e. The summed E-state index contributed by atoms with van der Waals surface area (Å²) in [6.45, 7) is 2.42. The van der Waals surface area contributed by atoms with Crippen LogP contribution in [-0.4, -0.2) is 15.6 Å². The average Bonchev–Trinajstić information content (AvgIpc) is 2.87. The molecule has 2 aromatic heterocycles. The molecule has 0 aliphatic rings. The van der Waals surface area contributed by atoms with E-state index in [1.165, 1.54) is 11.3 Å². The first-order valence-electron chi connectivity index (χ1n) is 4.99. The van der Waals surface area contributed by atoms with Gasteiger partial charge in [0.1, 0.15) is 16.6 Å². The van der Waals surface area contributed by atoms with E-state index in [4.69, 9.17) is 10.4 Å². The molecule has 2 rings (SSSR count). The van der Waals surface area contributed by atoms with E-state index >= 15 is 0 Å². The fourth-order valence-electron chi connectivity index (χ4n) is 1.62. The molecule has 4 nitrogen and oxygen atoms in total. The van der Waals surface area contributed by atoms with Crippen LogP contribution in [0.2, 0.25) is 0 Å². The van der Waals surface area contributed by atoms with Gasteiger partial charge in [0.2, 0.25) is 0 Å². The van der Waals surface area contributed by atoms with Crippen molar-refractivity contribution < 1.29 is 9.90 Å². The van der Waals surface area contributed by atoms with Crippen LogP contribution in [0.25, 0.3) is 0 Å². The zero-order valence-electron chi connectivity index (χ0n) is 9.17. The molecule has 0 bridgehead atoms. The minimum absolute atomic E-state index is 0.336. The number of aromatic nitrogens is 1. The standard InChI is InChI=1S/C12H10N2O2S/c1-8-9(5-11(17-8)12(15)16)7-14-4-2-3-10(14)6-13/h2-5H,7H2,1H3,(H,15,16). The maximum Gasteiger partial charge on any atom is 0.345 e. The van der Waals surface area contributed by atoms with Gasteiger partial charge in [-0.15, -0.1) is 11.3 Å². The van der Waals surface area contributed by atoms with E-state index in [1.807, 2.05) is 13.1 Å². The summed E-state index contributed by atoms with van der Waals surface area (Å²) >= 11 is 1.26. The van der Waals surface area contributed by atoms with Crippen LogP contribution < -0.4 is 0 Å². The Kier molecular flexibility index (Phi) is 2.98. The fourth-order valence-corrected chi connectivity index (χ4v) is 2.49. The van der Waals surface area contributed by atoms with Gasteiger partial charge in [-0.3, -0.25) is 0 Å². The Balaban J connectivity index is 2.31. The quantitative estimate of drug-likeness (QED) is 0.904. The Morgan fingerprint density at radius 2 is 2.41 bits per heavy atom. The number of carboxylic acids is 1. The summed E-state index contributed by atoms with van der Waals surface area (Å²) < 4.78 is 1.81. The lowest BCUT2D eigenvalue weighted by Crippen LogP contribution is -2.00. The van der Waals surface area contributed by atoms with Crippen molar-refractivity contribution in [1.29, 1.82) is 5.26 Å². The second-order valence-corrected chi connectivity index (χ2v) is 4.89. The normalized spacial score (nSPS) is 10.1. The van der Waals surface area contributed by atoms with Crippen LogP contribution in [-0.2, 0) is 6.54 Å². The summed E-state index contributed by atoms with van der Waals surface area (Å²) in [6.07, 6.45) is 1.82. The second-order valence-electron chi connectivity index (χ2n) is 3.63. The van der Waals surface area contributed by atoms with Crippen molar-refractivity contribution in [2.75, 3.05) is 0 Å². The summed E-state index contributed by atoms with van der Waals surface area (Å²) in [5.41, 5.74) is 1.52. The highest BCUT2D eigenvalue weighted by Crippen LogP contribution is 2.22. The number of hydrogen-bond donors (Lipinski definition) is 1. The van der Waals surface area contributed by atoms with E-state index in [0.29, 0.717) is 17.1 Å². The third-order valence-corrected chi connectivity index (χ3v) is 3.60. The first-order chi connectivity index (χ1) is 8.11. The number of aryl methyl sites for hydroxylation is 1. The van der Waals surface area contributed by atoms with Gasteiger partial charge in [-0.1, -0.05) is 0 Å². The Morgan fingerprint density at radius 1 is 1.65 bits per heavy atom. The van der Waals surface area contributed by atoms with Gasteiger partial charge >= 0.3 is 5.97 Å². The number of nitrogens with zero attached hydrogens (tertiary/aromatic N) is 2. The number of carboxylic acid groups (broad SMARTS) is 1. The summed E-state index contributed by atoms with van der Waals surface area (Å²) in [7, 11) is 0. The van der Waals surface area contributed by atoms with E-state index in [-0.39, 0.29) is 0 Å². The Labute approximate surface area is 102 Å². The van der Waals surface area contributed by atoms with Crippen LogP contribution >= 0.6 is 11.3 Å². The summed E-state index contributed by atoms with van der Waals surface area (Å²) in [5, 5.41) is 17.8. The topological polar surface area (TPSA) is 66.0 Å². The molecule has 1 N–H and O–H groups in total. The minimum atomic E-state index is -0.905. The molecule has 0 aromatic carbocycles. The molecule has 0 amide bonds. The molecular weight excluding hydrogens is 236 g/mol. The molecule has 0 atom stereocenters. The third-order valence-electron chi connectivity index (χ3n) is 2.52. The number of aromatic carboxylic acids is 1. The molecule has 0 spiro atoms. The Bertz CT molecular complexity index is 604. The van der Waals surface area contributed by atoms with E-state index < -0.39 is 5.97 Å². The van der Waals surface area contributed by atoms with Crippen molar-refractivity contribution >= 4 is 17.3 Å². The molecule has 0 fully saturated rings. The number of nitriles is 1. The molecule has 17 heavy (non-hydrogen) atoms. The number of hydrogen-bond acceptors (Lipinski definition) is 3. The predicted molar refractivity (Wildman–Crippen MR) is 64.3 cm³/mol. The van der Waals surface area contributed by atoms with Crippen molar-refractivity contribution in [3.63, 3.8) is 0 Å². The first kappa shape index (κ1) is 11.4. The van der Waals surface area contributed by atoms with E-state index in [2.05, 4.69) is 6.07 Å². The molecule has 2 heterocycles. The highest BCUT2D eigenvalue weighted by atomic mass is 32.1. The third kappa shape index (κ3) is 2.22. The summed E-state index contributed by atoms with van der Waals surface area (Å²) in [5.74, 6) is -0.905. The number of rotatable bonds is 3. The van der Waals surface area contributed by atoms with Crippen molar-refractivity contribution in [3.05, 3.63) is 45.4 Å². The molecule has 0 aliphatic carbocycles. The zero-order chi connectivity index (χ0) is 12.4. The smallest absolute Gasteiger partial charge is 0.345 e. The van der Waals surface area contributed by atoms with E-state index in [9.17, 15) is 4.79 Å². The lowest BCUT2D eigenvalue weighted by Gasteiger charge is -2.03. The van der Waals surface area contributed by atoms with Crippen LogP contribution in [0.1, 0.15) is 25.8 Å². The predicted octanol–water partition coefficient (Wildman–Crippen LogP) is 2.48. The molecule has 0 aliphatic heterocycles. The molecule has 0 unspecified atom stereocenters. The van der Waals surface area contributed by atoms with Crippen molar-refractivity contribution in [3.8, 4) is 6.07 Å². The molecule has 86 valence electrons. The second kappa shape index (κ2) is 4.44. The van der Waals surface area contributed by atoms with Gasteiger partial charge in [-0.05, 0) is 30.7 Å². The van der Waals surface area contributed by atoms with Crippen LogP contribution in [0.5, 0.6) is 0 Å². The fraction of sp³-hybridized carbons (Fsp3) is 0.167. The maximum absolute atomic E-state index is 10.8. The molecule has 5 heteroatoms. The molecule has 0 saturated heterocycles. The highest BCUT2D eigenvalue weighted by molar-refractivity contribution is 7.14. The maximum atomic E-state index is 10.8. The van der Waals surface area contributed by atoms with Crippen molar-refractivity contribution in [1.82, 2.24) is 4.57 Å². The lowest BCUT2D eigenvalue weighted by molar-refractivity contribution is 0.0702. The van der Waals surface area contributed by atoms with Gasteiger partial charge in [0.25, 0.3) is 0 Å². The van der Waals surface area contributed by atoms with E-state index in [1.54, 1.807) is 22.8 Å². The summed E-state index contributed by atoms with van der Waals surface area (Å²) in [4.78, 5) is 12.2. The van der Waals surface area contributed by atoms with Gasteiger partial charge in [0.15, 0.2) is 0 Å². The number of carbonyl (C=O) groups is 1.